The fraction of sp³-hybridized carbons (Fsp3) is 0.0588. The number of rotatable bonds is 1. The van der Waals surface area contributed by atoms with Gasteiger partial charge in [0.05, 0.1) is 11.8 Å². The lowest BCUT2D eigenvalue weighted by Crippen LogP contribution is -3.00. The molecule has 110 valence electrons. The molecule has 0 saturated carbocycles. The van der Waals surface area contributed by atoms with Crippen LogP contribution in [-0.2, 0) is 6.54 Å². The van der Waals surface area contributed by atoms with Crippen molar-refractivity contribution in [2.24, 2.45) is 5.73 Å². The van der Waals surface area contributed by atoms with Gasteiger partial charge in [-0.15, -0.1) is 0 Å². The van der Waals surface area contributed by atoms with E-state index in [9.17, 15) is 4.79 Å². The Morgan fingerprint density at radius 3 is 2.45 bits per heavy atom. The molecule has 0 spiro atoms. The molecule has 0 aliphatic carbocycles. The van der Waals surface area contributed by atoms with Crippen LogP contribution in [0.15, 0.2) is 65.1 Å². The van der Waals surface area contributed by atoms with E-state index in [1.165, 1.54) is 0 Å². The van der Waals surface area contributed by atoms with E-state index in [1.807, 2.05) is 60.7 Å². The first-order valence-electron chi connectivity index (χ1n) is 6.85. The Labute approximate surface area is 133 Å². The van der Waals surface area contributed by atoms with Crippen molar-refractivity contribution in [2.75, 3.05) is 0 Å². The fourth-order valence-corrected chi connectivity index (χ4v) is 2.88. The molecule has 2 heterocycles. The standard InChI is InChI=1S/C17H13N3O.ClH/c18-12-10-16-19(11-12)17(21)14-8-4-5-9-15(14)20(16)13-6-2-1-3-7-13;/h1-10,18H,11H2;1H. The molecule has 1 aromatic heterocycles. The first kappa shape index (κ1) is 14.4. The van der Waals surface area contributed by atoms with Crippen molar-refractivity contribution < 1.29 is 17.0 Å². The van der Waals surface area contributed by atoms with E-state index in [4.69, 9.17) is 5.73 Å². The molecule has 4 nitrogen and oxygen atoms in total. The quantitative estimate of drug-likeness (QED) is 0.562. The number of halogens is 1. The number of hydrogen-bond donors (Lipinski definition) is 1. The van der Waals surface area contributed by atoms with Gasteiger partial charge in [-0.2, -0.15) is 9.13 Å². The van der Waals surface area contributed by atoms with Crippen molar-refractivity contribution in [2.45, 2.75) is 6.54 Å². The average Bonchev–Trinajstić information content (AvgIpc) is 2.90. The van der Waals surface area contributed by atoms with Crippen molar-refractivity contribution in [3.05, 3.63) is 76.5 Å². The normalized spacial score (nSPS) is 12.6. The number of para-hydroxylation sites is 2. The van der Waals surface area contributed by atoms with Gasteiger partial charge in [-0.25, -0.2) is 4.79 Å². The lowest BCUT2D eigenvalue weighted by atomic mass is 10.2. The number of fused-ring (bicyclic) bond motifs is 2. The predicted octanol–water partition coefficient (Wildman–Crippen LogP) is -1.40. The Hall–Kier alpha value is -2.59. The molecule has 0 radical (unpaired) electrons. The second-order valence-electron chi connectivity index (χ2n) is 5.16. The molecular formula is C17H14ClN3O. The SMILES string of the molecule is NC1=Cc2n(c(=O)c3ccccc3[n+]2-c2ccccc2)C1.[Cl-]. The molecule has 1 aliphatic rings. The topological polar surface area (TPSA) is 51.9 Å². The van der Waals surface area contributed by atoms with Crippen molar-refractivity contribution >= 4 is 17.0 Å². The fourth-order valence-electron chi connectivity index (χ4n) is 2.88. The summed E-state index contributed by atoms with van der Waals surface area (Å²) in [6.45, 7) is 0.450. The maximum absolute atomic E-state index is 12.6. The van der Waals surface area contributed by atoms with Gasteiger partial charge in [0.1, 0.15) is 23.1 Å². The molecule has 22 heavy (non-hydrogen) atoms. The lowest BCUT2D eigenvalue weighted by molar-refractivity contribution is -0.574. The van der Waals surface area contributed by atoms with Crippen LogP contribution in [0.1, 0.15) is 5.82 Å². The molecule has 0 amide bonds. The van der Waals surface area contributed by atoms with E-state index >= 15 is 0 Å². The summed E-state index contributed by atoms with van der Waals surface area (Å²) in [5.74, 6) is 0.822. The van der Waals surface area contributed by atoms with Gasteiger partial charge >= 0.3 is 5.56 Å². The monoisotopic (exact) mass is 311 g/mol. The Morgan fingerprint density at radius 2 is 1.68 bits per heavy atom. The highest BCUT2D eigenvalue weighted by Gasteiger charge is 2.27. The van der Waals surface area contributed by atoms with Gasteiger partial charge in [0, 0.05) is 0 Å². The second kappa shape index (κ2) is 5.31. The number of nitrogens with zero attached hydrogens (tertiary/aromatic N) is 2. The maximum Gasteiger partial charge on any atom is 0.345 e. The van der Waals surface area contributed by atoms with Gasteiger partial charge in [0.15, 0.2) is 0 Å². The van der Waals surface area contributed by atoms with Crippen LogP contribution in [0.5, 0.6) is 0 Å². The average molecular weight is 312 g/mol. The third-order valence-corrected chi connectivity index (χ3v) is 3.80. The highest BCUT2D eigenvalue weighted by molar-refractivity contribution is 5.76. The van der Waals surface area contributed by atoms with Gasteiger partial charge in [0.2, 0.25) is 0 Å². The minimum atomic E-state index is 0. The number of allylic oxidation sites excluding steroid dienone is 1. The number of nitrogens with two attached hydrogens (primary N) is 1. The molecule has 2 N–H and O–H groups in total. The van der Waals surface area contributed by atoms with Crippen molar-refractivity contribution in [1.82, 2.24) is 4.57 Å². The summed E-state index contributed by atoms with van der Waals surface area (Å²) in [6, 6.07) is 17.7. The molecule has 0 bridgehead atoms. The molecule has 0 atom stereocenters. The van der Waals surface area contributed by atoms with Crippen LogP contribution in [0.2, 0.25) is 0 Å². The van der Waals surface area contributed by atoms with E-state index in [0.717, 1.165) is 17.0 Å². The van der Waals surface area contributed by atoms with Crippen molar-refractivity contribution in [3.8, 4) is 5.69 Å². The van der Waals surface area contributed by atoms with Crippen LogP contribution in [0.3, 0.4) is 0 Å². The Bertz CT molecular complexity index is 945. The van der Waals surface area contributed by atoms with Gasteiger partial charge in [-0.05, 0) is 24.3 Å². The minimum Gasteiger partial charge on any atom is -1.00 e. The molecule has 3 aromatic rings. The third-order valence-electron chi connectivity index (χ3n) is 3.80. The van der Waals surface area contributed by atoms with Gasteiger partial charge in [-0.1, -0.05) is 30.3 Å². The van der Waals surface area contributed by atoms with Crippen LogP contribution >= 0.6 is 0 Å². The summed E-state index contributed by atoms with van der Waals surface area (Å²) < 4.78 is 3.81. The molecule has 1 aliphatic heterocycles. The maximum atomic E-state index is 12.6. The van der Waals surface area contributed by atoms with Crippen LogP contribution in [-0.4, -0.2) is 4.57 Å². The van der Waals surface area contributed by atoms with Gasteiger partial charge in [-0.3, -0.25) is 0 Å². The van der Waals surface area contributed by atoms with Crippen LogP contribution < -0.4 is 28.3 Å². The molecule has 4 rings (SSSR count). The first-order chi connectivity index (χ1) is 10.3. The Morgan fingerprint density at radius 1 is 1.00 bits per heavy atom. The zero-order chi connectivity index (χ0) is 14.4. The largest absolute Gasteiger partial charge is 1.00 e. The van der Waals surface area contributed by atoms with Crippen LogP contribution in [0.25, 0.3) is 22.7 Å². The highest BCUT2D eigenvalue weighted by atomic mass is 35.5. The van der Waals surface area contributed by atoms with E-state index < -0.39 is 0 Å². The minimum absolute atomic E-state index is 0. The van der Waals surface area contributed by atoms with Crippen LogP contribution in [0, 0.1) is 0 Å². The number of aromatic nitrogens is 2. The van der Waals surface area contributed by atoms with Gasteiger partial charge < -0.3 is 18.1 Å². The Kier molecular flexibility index (Phi) is 3.47. The van der Waals surface area contributed by atoms with Crippen LogP contribution in [0.4, 0.5) is 0 Å². The second-order valence-corrected chi connectivity index (χ2v) is 5.16. The number of benzene rings is 2. The molecule has 5 heteroatoms. The molecular weight excluding hydrogens is 298 g/mol. The third kappa shape index (κ3) is 2.00. The zero-order valence-electron chi connectivity index (χ0n) is 11.7. The van der Waals surface area contributed by atoms with Crippen molar-refractivity contribution in [1.29, 1.82) is 0 Å². The van der Waals surface area contributed by atoms with E-state index in [0.29, 0.717) is 17.6 Å². The summed E-state index contributed by atoms with van der Waals surface area (Å²) in [5.41, 5.74) is 8.57. The molecule has 0 unspecified atom stereocenters. The van der Waals surface area contributed by atoms with E-state index in [2.05, 4.69) is 4.57 Å². The van der Waals surface area contributed by atoms with E-state index in [1.54, 1.807) is 4.57 Å². The van der Waals surface area contributed by atoms with Crippen molar-refractivity contribution in [3.63, 3.8) is 0 Å². The summed E-state index contributed by atoms with van der Waals surface area (Å²) in [6.07, 6.45) is 1.88. The lowest BCUT2D eigenvalue weighted by Gasteiger charge is -2.08. The summed E-state index contributed by atoms with van der Waals surface area (Å²) in [4.78, 5) is 12.6. The summed E-state index contributed by atoms with van der Waals surface area (Å²) in [7, 11) is 0. The smallest absolute Gasteiger partial charge is 0.345 e. The predicted molar refractivity (Wildman–Crippen MR) is 81.9 cm³/mol. The summed E-state index contributed by atoms with van der Waals surface area (Å²) >= 11 is 0. The van der Waals surface area contributed by atoms with Gasteiger partial charge in [0.25, 0.3) is 5.82 Å². The van der Waals surface area contributed by atoms with E-state index in [-0.39, 0.29) is 18.0 Å². The number of hydrogen-bond acceptors (Lipinski definition) is 2. The zero-order valence-corrected chi connectivity index (χ0v) is 12.5. The Balaban J connectivity index is 0.00000144. The molecule has 0 fully saturated rings. The first-order valence-corrected chi connectivity index (χ1v) is 6.85. The molecule has 0 saturated heterocycles. The highest BCUT2D eigenvalue weighted by Crippen LogP contribution is 2.16. The molecule has 2 aromatic carbocycles. The summed E-state index contributed by atoms with van der Waals surface area (Å²) in [5, 5.41) is 0.702.